The third-order valence-electron chi connectivity index (χ3n) is 2.12. The van der Waals surface area contributed by atoms with E-state index in [1.165, 1.54) is 4.90 Å². The summed E-state index contributed by atoms with van der Waals surface area (Å²) in [5, 5.41) is 0. The fraction of sp³-hybridized carbons (Fsp3) is 0.364. The van der Waals surface area contributed by atoms with E-state index in [4.69, 9.17) is 5.73 Å². The summed E-state index contributed by atoms with van der Waals surface area (Å²) in [5.74, 6) is 0. The average molecular weight is 262 g/mol. The molecule has 0 aliphatic heterocycles. The van der Waals surface area contributed by atoms with Gasteiger partial charge >= 0.3 is 6.18 Å². The van der Waals surface area contributed by atoms with Gasteiger partial charge in [0.2, 0.25) is 0 Å². The zero-order valence-corrected chi connectivity index (χ0v) is 9.89. The van der Waals surface area contributed by atoms with Crippen LogP contribution in [0.4, 0.5) is 18.9 Å². The Kier molecular flexibility index (Phi) is 4.74. The van der Waals surface area contributed by atoms with Crippen LogP contribution in [0.5, 0.6) is 0 Å². The van der Waals surface area contributed by atoms with E-state index >= 15 is 0 Å². The van der Waals surface area contributed by atoms with Crippen molar-refractivity contribution in [1.29, 1.82) is 0 Å². The third kappa shape index (κ3) is 5.53. The molecule has 0 amide bonds. The topological polar surface area (TPSA) is 29.3 Å². The van der Waals surface area contributed by atoms with Crippen LogP contribution in [0.3, 0.4) is 0 Å². The first-order valence-corrected chi connectivity index (χ1v) is 5.44. The normalized spacial score (nSPS) is 11.2. The van der Waals surface area contributed by atoms with Gasteiger partial charge in [-0.25, -0.2) is 0 Å². The molecule has 0 aromatic heterocycles. The molecule has 1 aromatic rings. The van der Waals surface area contributed by atoms with Crippen molar-refractivity contribution in [1.82, 2.24) is 0 Å². The fourth-order valence-corrected chi connectivity index (χ4v) is 1.49. The SMILES string of the molecule is NC(=S)CCN(CC(F)(F)F)c1ccccc1. The first kappa shape index (κ1) is 13.8. The predicted octanol–water partition coefficient (Wildman–Crippen LogP) is 2.73. The van der Waals surface area contributed by atoms with Crippen LogP contribution in [-0.2, 0) is 0 Å². The molecule has 0 saturated carbocycles. The summed E-state index contributed by atoms with van der Waals surface area (Å²) < 4.78 is 37.2. The second-order valence-corrected chi connectivity index (χ2v) is 4.11. The van der Waals surface area contributed by atoms with Gasteiger partial charge < -0.3 is 10.6 Å². The molecule has 0 spiro atoms. The quantitative estimate of drug-likeness (QED) is 0.827. The van der Waals surface area contributed by atoms with Crippen LogP contribution in [0.15, 0.2) is 30.3 Å². The summed E-state index contributed by atoms with van der Waals surface area (Å²) in [5.41, 5.74) is 5.82. The van der Waals surface area contributed by atoms with Gasteiger partial charge in [0.15, 0.2) is 0 Å². The molecule has 6 heteroatoms. The van der Waals surface area contributed by atoms with Crippen molar-refractivity contribution < 1.29 is 13.2 Å². The molecule has 1 aromatic carbocycles. The summed E-state index contributed by atoms with van der Waals surface area (Å²) in [6.07, 6.45) is -3.98. The molecule has 2 nitrogen and oxygen atoms in total. The molecule has 0 heterocycles. The van der Waals surface area contributed by atoms with Crippen LogP contribution in [-0.4, -0.2) is 24.3 Å². The monoisotopic (exact) mass is 262 g/mol. The number of para-hydroxylation sites is 1. The van der Waals surface area contributed by atoms with E-state index in [-0.39, 0.29) is 18.0 Å². The van der Waals surface area contributed by atoms with E-state index in [9.17, 15) is 13.2 Å². The maximum atomic E-state index is 12.4. The molecular formula is C11H13F3N2S. The number of halogens is 3. The first-order valence-electron chi connectivity index (χ1n) is 5.03. The van der Waals surface area contributed by atoms with Crippen LogP contribution in [0, 0.1) is 0 Å². The number of hydrogen-bond donors (Lipinski definition) is 1. The molecule has 0 bridgehead atoms. The summed E-state index contributed by atoms with van der Waals surface area (Å²) in [6.45, 7) is -0.835. The van der Waals surface area contributed by atoms with Crippen LogP contribution in [0.2, 0.25) is 0 Å². The summed E-state index contributed by atoms with van der Waals surface area (Å²) in [7, 11) is 0. The molecule has 0 aliphatic rings. The van der Waals surface area contributed by atoms with E-state index in [2.05, 4.69) is 12.2 Å². The largest absolute Gasteiger partial charge is 0.405 e. The smallest absolute Gasteiger partial charge is 0.393 e. The van der Waals surface area contributed by atoms with Gasteiger partial charge in [-0.15, -0.1) is 0 Å². The highest BCUT2D eigenvalue weighted by atomic mass is 32.1. The molecule has 0 radical (unpaired) electrons. The lowest BCUT2D eigenvalue weighted by Gasteiger charge is -2.25. The highest BCUT2D eigenvalue weighted by molar-refractivity contribution is 7.80. The number of thiocarbonyl (C=S) groups is 1. The van der Waals surface area contributed by atoms with Crippen molar-refractivity contribution >= 4 is 22.9 Å². The Hall–Kier alpha value is -1.30. The molecule has 1 rings (SSSR count). The maximum Gasteiger partial charge on any atom is 0.405 e. The van der Waals surface area contributed by atoms with Crippen LogP contribution < -0.4 is 10.6 Å². The average Bonchev–Trinajstić information content (AvgIpc) is 2.24. The minimum atomic E-state index is -4.24. The van der Waals surface area contributed by atoms with E-state index in [0.717, 1.165) is 0 Å². The Balaban J connectivity index is 2.75. The number of anilines is 1. The molecule has 17 heavy (non-hydrogen) atoms. The highest BCUT2D eigenvalue weighted by Crippen LogP contribution is 2.21. The predicted molar refractivity (Wildman–Crippen MR) is 66.1 cm³/mol. The Morgan fingerprint density at radius 3 is 2.29 bits per heavy atom. The van der Waals surface area contributed by atoms with Crippen LogP contribution >= 0.6 is 12.2 Å². The second-order valence-electron chi connectivity index (χ2n) is 3.59. The summed E-state index contributed by atoms with van der Waals surface area (Å²) in [6, 6.07) is 8.40. The summed E-state index contributed by atoms with van der Waals surface area (Å²) >= 11 is 4.68. The zero-order valence-electron chi connectivity index (χ0n) is 9.07. The van der Waals surface area contributed by atoms with Gasteiger partial charge in [0.25, 0.3) is 0 Å². The van der Waals surface area contributed by atoms with Crippen molar-refractivity contribution in [2.45, 2.75) is 12.6 Å². The third-order valence-corrected chi connectivity index (χ3v) is 2.32. The Morgan fingerprint density at radius 1 is 1.24 bits per heavy atom. The minimum Gasteiger partial charge on any atom is -0.393 e. The van der Waals surface area contributed by atoms with E-state index in [1.807, 2.05) is 0 Å². The Labute approximate surface area is 103 Å². The number of rotatable bonds is 5. The number of nitrogens with zero attached hydrogens (tertiary/aromatic N) is 1. The number of nitrogens with two attached hydrogens (primary N) is 1. The Bertz CT molecular complexity index is 365. The van der Waals surface area contributed by atoms with Gasteiger partial charge in [-0.05, 0) is 12.1 Å². The summed E-state index contributed by atoms with van der Waals surface area (Å²) in [4.78, 5) is 1.44. The fourth-order valence-electron chi connectivity index (χ4n) is 1.40. The molecule has 0 atom stereocenters. The molecular weight excluding hydrogens is 249 g/mol. The van der Waals surface area contributed by atoms with Gasteiger partial charge in [0.05, 0.1) is 4.99 Å². The lowest BCUT2D eigenvalue weighted by Crippen LogP contribution is -2.36. The van der Waals surface area contributed by atoms with E-state index in [1.54, 1.807) is 30.3 Å². The van der Waals surface area contributed by atoms with Crippen LogP contribution in [0.25, 0.3) is 0 Å². The molecule has 2 N–H and O–H groups in total. The molecule has 0 aliphatic carbocycles. The van der Waals surface area contributed by atoms with Crippen LogP contribution in [0.1, 0.15) is 6.42 Å². The van der Waals surface area contributed by atoms with Crippen molar-refractivity contribution in [3.8, 4) is 0 Å². The van der Waals surface area contributed by atoms with E-state index in [0.29, 0.717) is 5.69 Å². The van der Waals surface area contributed by atoms with Gasteiger partial charge in [0, 0.05) is 18.7 Å². The van der Waals surface area contributed by atoms with Crippen molar-refractivity contribution in [2.75, 3.05) is 18.0 Å². The second kappa shape index (κ2) is 5.86. The molecule has 0 fully saturated rings. The Morgan fingerprint density at radius 2 is 1.82 bits per heavy atom. The maximum absolute atomic E-state index is 12.4. The van der Waals surface area contributed by atoms with Gasteiger partial charge in [-0.3, -0.25) is 0 Å². The standard InChI is InChI=1S/C11H13F3N2S/c12-11(13,14)8-16(7-6-10(15)17)9-4-2-1-3-5-9/h1-5H,6-8H2,(H2,15,17). The van der Waals surface area contributed by atoms with Crippen molar-refractivity contribution in [3.63, 3.8) is 0 Å². The zero-order chi connectivity index (χ0) is 12.9. The molecule has 94 valence electrons. The minimum absolute atomic E-state index is 0.166. The number of benzene rings is 1. The van der Waals surface area contributed by atoms with Gasteiger partial charge in [-0.2, -0.15) is 13.2 Å². The van der Waals surface area contributed by atoms with E-state index < -0.39 is 12.7 Å². The molecule has 0 saturated heterocycles. The lowest BCUT2D eigenvalue weighted by atomic mass is 10.2. The highest BCUT2D eigenvalue weighted by Gasteiger charge is 2.30. The molecule has 0 unspecified atom stereocenters. The van der Waals surface area contributed by atoms with Crippen molar-refractivity contribution in [2.24, 2.45) is 5.73 Å². The van der Waals surface area contributed by atoms with Gasteiger partial charge in [-0.1, -0.05) is 30.4 Å². The van der Waals surface area contributed by atoms with Gasteiger partial charge in [0.1, 0.15) is 6.54 Å². The number of hydrogen-bond acceptors (Lipinski definition) is 2. The number of alkyl halides is 3. The van der Waals surface area contributed by atoms with Crippen molar-refractivity contribution in [3.05, 3.63) is 30.3 Å². The first-order chi connectivity index (χ1) is 7.88. The lowest BCUT2D eigenvalue weighted by molar-refractivity contribution is -0.119.